The van der Waals surface area contributed by atoms with Crippen LogP contribution in [0, 0.1) is 0 Å². The van der Waals surface area contributed by atoms with E-state index < -0.39 is 0 Å². The maximum atomic E-state index is 5.86. The molecule has 0 saturated carbocycles. The second-order valence-electron chi connectivity index (χ2n) is 4.09. The highest BCUT2D eigenvalue weighted by molar-refractivity contribution is 7.99. The molecule has 3 rings (SSSR count). The third-order valence-corrected chi connectivity index (χ3v) is 4.17. The summed E-state index contributed by atoms with van der Waals surface area (Å²) >= 11 is 2.03. The maximum Gasteiger partial charge on any atom is 0.160 e. The largest absolute Gasteiger partial charge is 0.384 e. The molecule has 1 aliphatic heterocycles. The van der Waals surface area contributed by atoms with Gasteiger partial charge in [-0.25, -0.2) is 4.98 Å². The second-order valence-corrected chi connectivity index (χ2v) is 5.32. The van der Waals surface area contributed by atoms with Crippen LogP contribution >= 0.6 is 11.8 Å². The van der Waals surface area contributed by atoms with Gasteiger partial charge in [0.05, 0.1) is 6.20 Å². The Balaban J connectivity index is 2.06. The first kappa shape index (κ1) is 9.96. The van der Waals surface area contributed by atoms with Gasteiger partial charge in [0, 0.05) is 11.8 Å². The van der Waals surface area contributed by atoms with E-state index in [2.05, 4.69) is 10.1 Å². The molecule has 0 atom stereocenters. The highest BCUT2D eigenvalue weighted by Crippen LogP contribution is 2.33. The predicted molar refractivity (Wildman–Crippen MR) is 66.7 cm³/mol. The van der Waals surface area contributed by atoms with Crippen LogP contribution in [0.25, 0.3) is 5.65 Å². The highest BCUT2D eigenvalue weighted by Gasteiger charge is 2.20. The summed E-state index contributed by atoms with van der Waals surface area (Å²) in [6, 6.07) is 1.78. The van der Waals surface area contributed by atoms with E-state index in [-0.39, 0.29) is 0 Å². The first-order valence-corrected chi connectivity index (χ1v) is 6.67. The molecule has 84 valence electrons. The van der Waals surface area contributed by atoms with Gasteiger partial charge in [-0.1, -0.05) is 0 Å². The lowest BCUT2D eigenvalue weighted by Crippen LogP contribution is -2.08. The minimum Gasteiger partial charge on any atom is -0.384 e. The van der Waals surface area contributed by atoms with Gasteiger partial charge in [-0.05, 0) is 36.3 Å². The van der Waals surface area contributed by atoms with Gasteiger partial charge in [0.2, 0.25) is 0 Å². The van der Waals surface area contributed by atoms with Crippen LogP contribution in [0.5, 0.6) is 0 Å². The fourth-order valence-electron chi connectivity index (χ4n) is 2.22. The molecule has 1 aliphatic rings. The van der Waals surface area contributed by atoms with Crippen LogP contribution in [0.3, 0.4) is 0 Å². The SMILES string of the molecule is Nc1ccnc2c(C3CCSCC3)cnn12. The van der Waals surface area contributed by atoms with Gasteiger partial charge in [-0.3, -0.25) is 0 Å². The number of hydrogen-bond acceptors (Lipinski definition) is 4. The normalized spacial score (nSPS) is 18.0. The van der Waals surface area contributed by atoms with E-state index in [0.717, 1.165) is 5.65 Å². The van der Waals surface area contributed by atoms with Gasteiger partial charge in [0.15, 0.2) is 5.65 Å². The van der Waals surface area contributed by atoms with Crippen molar-refractivity contribution in [2.24, 2.45) is 0 Å². The summed E-state index contributed by atoms with van der Waals surface area (Å²) in [6.07, 6.45) is 6.14. The Morgan fingerprint density at radius 3 is 3.00 bits per heavy atom. The topological polar surface area (TPSA) is 56.2 Å². The lowest BCUT2D eigenvalue weighted by Gasteiger charge is -2.19. The van der Waals surface area contributed by atoms with E-state index in [0.29, 0.717) is 11.7 Å². The van der Waals surface area contributed by atoms with Crippen LogP contribution in [0.1, 0.15) is 24.3 Å². The predicted octanol–water partition coefficient (Wildman–Crippen LogP) is 1.92. The standard InChI is InChI=1S/C11H14N4S/c12-10-1-4-13-11-9(7-14-15(10)11)8-2-5-16-6-3-8/h1,4,7-8H,2-3,5-6,12H2. The smallest absolute Gasteiger partial charge is 0.160 e. The summed E-state index contributed by atoms with van der Waals surface area (Å²) < 4.78 is 1.73. The van der Waals surface area contributed by atoms with Crippen molar-refractivity contribution in [2.75, 3.05) is 17.2 Å². The van der Waals surface area contributed by atoms with E-state index in [9.17, 15) is 0 Å². The van der Waals surface area contributed by atoms with Crippen LogP contribution in [0.15, 0.2) is 18.5 Å². The number of nitrogens with two attached hydrogens (primary N) is 1. The molecule has 0 amide bonds. The van der Waals surface area contributed by atoms with Crippen LogP contribution in [-0.2, 0) is 0 Å². The molecule has 3 heterocycles. The van der Waals surface area contributed by atoms with Gasteiger partial charge >= 0.3 is 0 Å². The third kappa shape index (κ3) is 1.55. The van der Waals surface area contributed by atoms with Gasteiger partial charge < -0.3 is 5.73 Å². The number of fused-ring (bicyclic) bond motifs is 1. The Morgan fingerprint density at radius 2 is 2.19 bits per heavy atom. The van der Waals surface area contributed by atoms with Gasteiger partial charge in [0.25, 0.3) is 0 Å². The molecule has 16 heavy (non-hydrogen) atoms. The van der Waals surface area contributed by atoms with Crippen LogP contribution < -0.4 is 5.73 Å². The molecular formula is C11H14N4S. The highest BCUT2D eigenvalue weighted by atomic mass is 32.2. The van der Waals surface area contributed by atoms with E-state index in [1.165, 1.54) is 29.9 Å². The van der Waals surface area contributed by atoms with Crippen molar-refractivity contribution in [1.29, 1.82) is 0 Å². The molecule has 0 unspecified atom stereocenters. The van der Waals surface area contributed by atoms with Crippen molar-refractivity contribution in [2.45, 2.75) is 18.8 Å². The van der Waals surface area contributed by atoms with Gasteiger partial charge in [0.1, 0.15) is 5.82 Å². The Kier molecular flexibility index (Phi) is 2.47. The summed E-state index contributed by atoms with van der Waals surface area (Å²) in [6.45, 7) is 0. The summed E-state index contributed by atoms with van der Waals surface area (Å²) in [5.74, 6) is 3.74. The zero-order valence-electron chi connectivity index (χ0n) is 8.97. The Bertz CT molecular complexity index is 502. The van der Waals surface area contributed by atoms with Crippen LogP contribution in [0.2, 0.25) is 0 Å². The van der Waals surface area contributed by atoms with Gasteiger partial charge in [-0.2, -0.15) is 21.4 Å². The number of nitrogen functional groups attached to an aromatic ring is 1. The Hall–Kier alpha value is -1.23. The second kappa shape index (κ2) is 3.97. The molecule has 0 radical (unpaired) electrons. The quantitative estimate of drug-likeness (QED) is 0.819. The average molecular weight is 234 g/mol. The molecule has 4 nitrogen and oxygen atoms in total. The monoisotopic (exact) mass is 234 g/mol. The number of rotatable bonds is 1. The number of anilines is 1. The van der Waals surface area contributed by atoms with Crippen molar-refractivity contribution in [3.8, 4) is 0 Å². The lowest BCUT2D eigenvalue weighted by atomic mass is 9.96. The van der Waals surface area contributed by atoms with E-state index in [4.69, 9.17) is 5.73 Å². The number of hydrogen-bond donors (Lipinski definition) is 1. The molecule has 0 aromatic carbocycles. The zero-order valence-corrected chi connectivity index (χ0v) is 9.78. The molecule has 5 heteroatoms. The van der Waals surface area contributed by atoms with Crippen molar-refractivity contribution in [1.82, 2.24) is 14.6 Å². The molecule has 0 aliphatic carbocycles. The number of aromatic nitrogens is 3. The van der Waals surface area contributed by atoms with Crippen molar-refractivity contribution >= 4 is 23.2 Å². The molecule has 2 N–H and O–H groups in total. The molecular weight excluding hydrogens is 220 g/mol. The summed E-state index contributed by atoms with van der Waals surface area (Å²) in [7, 11) is 0. The third-order valence-electron chi connectivity index (χ3n) is 3.12. The van der Waals surface area contributed by atoms with E-state index in [1.807, 2.05) is 18.0 Å². The molecule has 2 aromatic rings. The first-order valence-electron chi connectivity index (χ1n) is 5.52. The lowest BCUT2D eigenvalue weighted by molar-refractivity contribution is 0.640. The van der Waals surface area contributed by atoms with Crippen LogP contribution in [-0.4, -0.2) is 26.1 Å². The van der Waals surface area contributed by atoms with Crippen molar-refractivity contribution in [3.63, 3.8) is 0 Å². The fraction of sp³-hybridized carbons (Fsp3) is 0.455. The maximum absolute atomic E-state index is 5.86. The summed E-state index contributed by atoms with van der Waals surface area (Å²) in [5.41, 5.74) is 8.04. The van der Waals surface area contributed by atoms with E-state index in [1.54, 1.807) is 16.8 Å². The van der Waals surface area contributed by atoms with E-state index >= 15 is 0 Å². The number of nitrogens with zero attached hydrogens (tertiary/aromatic N) is 3. The minimum absolute atomic E-state index is 0.605. The summed E-state index contributed by atoms with van der Waals surface area (Å²) in [5, 5.41) is 4.32. The summed E-state index contributed by atoms with van der Waals surface area (Å²) in [4.78, 5) is 4.39. The average Bonchev–Trinajstić information content (AvgIpc) is 2.75. The Labute approximate surface area is 98.2 Å². The zero-order chi connectivity index (χ0) is 11.0. The van der Waals surface area contributed by atoms with Crippen molar-refractivity contribution in [3.05, 3.63) is 24.0 Å². The molecule has 0 spiro atoms. The fourth-order valence-corrected chi connectivity index (χ4v) is 3.33. The molecule has 2 aromatic heterocycles. The first-order chi connectivity index (χ1) is 7.86. The number of thioether (sulfide) groups is 1. The molecule has 0 bridgehead atoms. The molecule has 1 saturated heterocycles. The molecule has 1 fully saturated rings. The van der Waals surface area contributed by atoms with Crippen LogP contribution in [0.4, 0.5) is 5.82 Å². The Morgan fingerprint density at radius 1 is 1.38 bits per heavy atom. The minimum atomic E-state index is 0.605. The van der Waals surface area contributed by atoms with Gasteiger partial charge in [-0.15, -0.1) is 0 Å². The van der Waals surface area contributed by atoms with Crippen molar-refractivity contribution < 1.29 is 0 Å².